The molecule has 5 rings (SSSR count). The van der Waals surface area contributed by atoms with E-state index in [2.05, 4.69) is 65.7 Å². The number of anilines is 1. The van der Waals surface area contributed by atoms with Crippen LogP contribution in [0.1, 0.15) is 49.4 Å². The molecular formula is C29H27FN4OS. The van der Waals surface area contributed by atoms with Gasteiger partial charge in [-0.2, -0.15) is 4.98 Å². The molecule has 0 saturated carbocycles. The quantitative estimate of drug-likeness (QED) is 0.293. The molecule has 0 fully saturated rings. The zero-order valence-electron chi connectivity index (χ0n) is 20.5. The smallest absolute Gasteiger partial charge is 0.258 e. The van der Waals surface area contributed by atoms with E-state index >= 15 is 0 Å². The van der Waals surface area contributed by atoms with E-state index in [1.807, 2.05) is 24.0 Å². The predicted octanol–water partition coefficient (Wildman–Crippen LogP) is 6.87. The minimum Gasteiger partial charge on any atom is -0.351 e. The number of aryl methyl sites for hydroxylation is 2. The average molecular weight is 499 g/mol. The summed E-state index contributed by atoms with van der Waals surface area (Å²) in [5.74, 6) is 0.343. The third kappa shape index (κ3) is 4.54. The van der Waals surface area contributed by atoms with Crippen LogP contribution in [0.2, 0.25) is 0 Å². The summed E-state index contributed by atoms with van der Waals surface area (Å²) in [4.78, 5) is 6.69. The van der Waals surface area contributed by atoms with Crippen LogP contribution >= 0.6 is 12.2 Å². The van der Waals surface area contributed by atoms with Gasteiger partial charge in [-0.15, -0.1) is 0 Å². The van der Waals surface area contributed by atoms with Crippen LogP contribution in [-0.4, -0.2) is 15.3 Å². The minimum atomic E-state index is -0.352. The van der Waals surface area contributed by atoms with E-state index in [-0.39, 0.29) is 11.9 Å². The standard InChI is InChI=1S/C29H27FN4OS/c1-4-19-12-14-21(15-13-19)26-25(28-32-27(33-35-28)22-9-7-10-23(30)17-22)18(3)34(29(36)31-26)24-11-6-8-20(5-2)16-24/h6-17,26H,4-5H2,1-3H3,(H,31,36). The Morgan fingerprint density at radius 3 is 2.44 bits per heavy atom. The van der Waals surface area contributed by atoms with Crippen molar-refractivity contribution in [2.24, 2.45) is 0 Å². The lowest BCUT2D eigenvalue weighted by Crippen LogP contribution is -2.46. The number of allylic oxidation sites excluding steroid dienone is 1. The molecule has 0 saturated heterocycles. The first-order valence-electron chi connectivity index (χ1n) is 12.1. The van der Waals surface area contributed by atoms with Gasteiger partial charge in [-0.05, 0) is 72.9 Å². The maximum absolute atomic E-state index is 13.8. The summed E-state index contributed by atoms with van der Waals surface area (Å²) in [7, 11) is 0. The van der Waals surface area contributed by atoms with E-state index in [1.165, 1.54) is 23.3 Å². The van der Waals surface area contributed by atoms with Crippen LogP contribution in [0.15, 0.2) is 83.0 Å². The van der Waals surface area contributed by atoms with Gasteiger partial charge >= 0.3 is 0 Å². The monoisotopic (exact) mass is 498 g/mol. The van der Waals surface area contributed by atoms with Crippen LogP contribution in [0.25, 0.3) is 17.0 Å². The molecule has 182 valence electrons. The Morgan fingerprint density at radius 2 is 1.72 bits per heavy atom. The second-order valence-corrected chi connectivity index (χ2v) is 9.16. The molecule has 0 amide bonds. The van der Waals surface area contributed by atoms with Crippen molar-refractivity contribution in [3.05, 3.63) is 107 Å². The maximum Gasteiger partial charge on any atom is 0.258 e. The molecule has 3 aromatic carbocycles. The molecule has 0 radical (unpaired) electrons. The largest absolute Gasteiger partial charge is 0.351 e. The molecule has 1 atom stereocenters. The van der Waals surface area contributed by atoms with Gasteiger partial charge in [0.1, 0.15) is 5.82 Å². The van der Waals surface area contributed by atoms with Crippen LogP contribution in [-0.2, 0) is 12.8 Å². The van der Waals surface area contributed by atoms with Gasteiger partial charge in [0.2, 0.25) is 5.82 Å². The summed E-state index contributed by atoms with van der Waals surface area (Å²) >= 11 is 5.86. The Kier molecular flexibility index (Phi) is 6.65. The molecule has 4 aromatic rings. The van der Waals surface area contributed by atoms with Gasteiger partial charge in [-0.25, -0.2) is 4.39 Å². The normalized spacial score (nSPS) is 15.8. The average Bonchev–Trinajstić information content (AvgIpc) is 3.38. The van der Waals surface area contributed by atoms with Crippen LogP contribution < -0.4 is 10.2 Å². The molecule has 2 heterocycles. The van der Waals surface area contributed by atoms with E-state index in [1.54, 1.807) is 12.1 Å². The van der Waals surface area contributed by atoms with Gasteiger partial charge in [-0.1, -0.05) is 67.5 Å². The molecule has 0 spiro atoms. The van der Waals surface area contributed by atoms with Gasteiger partial charge in [-0.3, -0.25) is 4.90 Å². The number of hydrogen-bond donors (Lipinski definition) is 1. The highest BCUT2D eigenvalue weighted by molar-refractivity contribution is 7.80. The Bertz CT molecular complexity index is 1440. The molecule has 1 aliphatic heterocycles. The number of nitrogens with one attached hydrogen (secondary N) is 1. The molecule has 1 unspecified atom stereocenters. The molecule has 1 aromatic heterocycles. The molecule has 5 nitrogen and oxygen atoms in total. The Labute approximate surface area is 215 Å². The molecule has 1 N–H and O–H groups in total. The first-order valence-corrected chi connectivity index (χ1v) is 12.5. The van der Waals surface area contributed by atoms with E-state index in [0.29, 0.717) is 22.4 Å². The van der Waals surface area contributed by atoms with Crippen molar-refractivity contribution in [2.45, 2.75) is 39.7 Å². The van der Waals surface area contributed by atoms with E-state index in [9.17, 15) is 4.39 Å². The predicted molar refractivity (Wildman–Crippen MR) is 145 cm³/mol. The molecule has 0 bridgehead atoms. The molecular weight excluding hydrogens is 471 g/mol. The fraction of sp³-hybridized carbons (Fsp3) is 0.207. The van der Waals surface area contributed by atoms with Crippen molar-refractivity contribution in [2.75, 3.05) is 4.90 Å². The number of hydrogen-bond acceptors (Lipinski definition) is 4. The summed E-state index contributed by atoms with van der Waals surface area (Å²) in [5.41, 5.74) is 6.74. The third-order valence-electron chi connectivity index (χ3n) is 6.52. The summed E-state index contributed by atoms with van der Waals surface area (Å²) < 4.78 is 19.6. The Balaban J connectivity index is 1.65. The third-order valence-corrected chi connectivity index (χ3v) is 6.82. The highest BCUT2D eigenvalue weighted by Crippen LogP contribution is 2.39. The van der Waals surface area contributed by atoms with Crippen molar-refractivity contribution >= 4 is 28.6 Å². The second-order valence-electron chi connectivity index (χ2n) is 8.77. The van der Waals surface area contributed by atoms with Crippen molar-refractivity contribution < 1.29 is 8.91 Å². The van der Waals surface area contributed by atoms with E-state index in [0.717, 1.165) is 35.4 Å². The van der Waals surface area contributed by atoms with Crippen molar-refractivity contribution in [1.29, 1.82) is 0 Å². The van der Waals surface area contributed by atoms with Crippen LogP contribution in [0.3, 0.4) is 0 Å². The minimum absolute atomic E-state index is 0.283. The Hall–Kier alpha value is -3.84. The fourth-order valence-electron chi connectivity index (χ4n) is 4.52. The number of rotatable bonds is 6. The first kappa shape index (κ1) is 23.9. The highest BCUT2D eigenvalue weighted by Gasteiger charge is 2.34. The number of halogens is 1. The fourth-order valence-corrected chi connectivity index (χ4v) is 4.88. The second kappa shape index (κ2) is 10.0. The molecule has 7 heteroatoms. The SMILES string of the molecule is CCc1ccc(C2NC(=S)N(c3cccc(CC)c3)C(C)=C2c2nc(-c3cccc(F)c3)no2)cc1. The van der Waals surface area contributed by atoms with Gasteiger partial charge < -0.3 is 9.84 Å². The zero-order chi connectivity index (χ0) is 25.2. The Morgan fingerprint density at radius 1 is 0.972 bits per heavy atom. The maximum atomic E-state index is 13.8. The zero-order valence-corrected chi connectivity index (χ0v) is 21.3. The summed E-state index contributed by atoms with van der Waals surface area (Å²) in [6.07, 6.45) is 1.88. The summed E-state index contributed by atoms with van der Waals surface area (Å²) in [6, 6.07) is 22.7. The number of aromatic nitrogens is 2. The number of thiocarbonyl (C=S) groups is 1. The topological polar surface area (TPSA) is 54.2 Å². The van der Waals surface area contributed by atoms with Gasteiger partial charge in [0.15, 0.2) is 5.11 Å². The van der Waals surface area contributed by atoms with Crippen LogP contribution in [0.4, 0.5) is 10.1 Å². The lowest BCUT2D eigenvalue weighted by Gasteiger charge is -2.37. The van der Waals surface area contributed by atoms with Crippen molar-refractivity contribution in [3.63, 3.8) is 0 Å². The van der Waals surface area contributed by atoms with Crippen LogP contribution in [0, 0.1) is 5.82 Å². The highest BCUT2D eigenvalue weighted by atomic mass is 32.1. The van der Waals surface area contributed by atoms with Gasteiger partial charge in [0.05, 0.1) is 11.6 Å². The van der Waals surface area contributed by atoms with Gasteiger partial charge in [0.25, 0.3) is 5.89 Å². The van der Waals surface area contributed by atoms with E-state index < -0.39 is 0 Å². The lowest BCUT2D eigenvalue weighted by atomic mass is 9.93. The van der Waals surface area contributed by atoms with Crippen LogP contribution in [0.5, 0.6) is 0 Å². The van der Waals surface area contributed by atoms with Crippen molar-refractivity contribution in [3.8, 4) is 11.4 Å². The molecule has 36 heavy (non-hydrogen) atoms. The molecule has 1 aliphatic rings. The van der Waals surface area contributed by atoms with E-state index in [4.69, 9.17) is 16.7 Å². The first-order chi connectivity index (χ1) is 17.5. The molecule has 0 aliphatic carbocycles. The lowest BCUT2D eigenvalue weighted by molar-refractivity contribution is 0.404. The van der Waals surface area contributed by atoms with Crippen molar-refractivity contribution in [1.82, 2.24) is 15.5 Å². The number of benzene rings is 3. The van der Waals surface area contributed by atoms with Gasteiger partial charge in [0, 0.05) is 16.9 Å². The summed E-state index contributed by atoms with van der Waals surface area (Å²) in [5, 5.41) is 8.27. The summed E-state index contributed by atoms with van der Waals surface area (Å²) in [6.45, 7) is 6.27. The number of nitrogens with zero attached hydrogens (tertiary/aromatic N) is 3.